The van der Waals surface area contributed by atoms with E-state index in [1.165, 1.54) is 23.1 Å². The van der Waals surface area contributed by atoms with Crippen LogP contribution >= 0.6 is 0 Å². The van der Waals surface area contributed by atoms with Crippen LogP contribution in [0.1, 0.15) is 26.2 Å². The van der Waals surface area contributed by atoms with Crippen molar-refractivity contribution < 1.29 is 24.0 Å². The molecule has 2 rings (SSSR count). The highest BCUT2D eigenvalue weighted by molar-refractivity contribution is 6.02. The van der Waals surface area contributed by atoms with Gasteiger partial charge in [-0.05, 0) is 18.9 Å². The Morgan fingerprint density at radius 2 is 2.15 bits per heavy atom. The van der Waals surface area contributed by atoms with E-state index in [9.17, 15) is 19.7 Å². The average molecular weight is 365 g/mol. The number of non-ortho nitro benzene ring substituents is 1. The number of nitro benzene ring substituents is 1. The molecule has 0 spiro atoms. The minimum absolute atomic E-state index is 0.170. The molecule has 9 nitrogen and oxygen atoms in total. The van der Waals surface area contributed by atoms with Crippen LogP contribution in [0, 0.1) is 10.1 Å². The summed E-state index contributed by atoms with van der Waals surface area (Å²) in [7, 11) is 0. The molecule has 0 saturated carbocycles. The van der Waals surface area contributed by atoms with Gasteiger partial charge in [-0.25, -0.2) is 0 Å². The average Bonchev–Trinajstić information content (AvgIpc) is 2.63. The number of amides is 2. The number of nitrogens with zero attached hydrogens (tertiary/aromatic N) is 2. The highest BCUT2D eigenvalue weighted by Crippen LogP contribution is 2.35. The van der Waals surface area contributed by atoms with Crippen LogP contribution < -0.4 is 15.0 Å². The first-order chi connectivity index (χ1) is 12.5. The van der Waals surface area contributed by atoms with Crippen molar-refractivity contribution in [1.82, 2.24) is 5.32 Å². The monoisotopic (exact) mass is 365 g/mol. The Morgan fingerprint density at radius 3 is 2.88 bits per heavy atom. The summed E-state index contributed by atoms with van der Waals surface area (Å²) in [4.78, 5) is 35.8. The van der Waals surface area contributed by atoms with Gasteiger partial charge in [0.15, 0.2) is 6.61 Å². The van der Waals surface area contributed by atoms with Crippen LogP contribution in [0.3, 0.4) is 0 Å². The van der Waals surface area contributed by atoms with Crippen molar-refractivity contribution in [2.24, 2.45) is 0 Å². The molecule has 26 heavy (non-hydrogen) atoms. The Labute approximate surface area is 151 Å². The molecule has 0 aliphatic carbocycles. The molecule has 0 unspecified atom stereocenters. The van der Waals surface area contributed by atoms with E-state index in [4.69, 9.17) is 9.47 Å². The zero-order valence-corrected chi connectivity index (χ0v) is 14.7. The second kappa shape index (κ2) is 9.71. The number of rotatable bonds is 10. The predicted molar refractivity (Wildman–Crippen MR) is 94.3 cm³/mol. The lowest BCUT2D eigenvalue weighted by molar-refractivity contribution is -0.384. The Kier molecular flexibility index (Phi) is 7.34. The van der Waals surface area contributed by atoms with Crippen molar-refractivity contribution in [2.75, 3.05) is 37.8 Å². The zero-order valence-electron chi connectivity index (χ0n) is 14.7. The van der Waals surface area contributed by atoms with Crippen molar-refractivity contribution >= 4 is 23.2 Å². The largest absolute Gasteiger partial charge is 0.482 e. The van der Waals surface area contributed by atoms with Crippen molar-refractivity contribution in [3.63, 3.8) is 0 Å². The number of carbonyl (C=O) groups is 2. The molecule has 1 aromatic rings. The van der Waals surface area contributed by atoms with E-state index >= 15 is 0 Å². The third kappa shape index (κ3) is 5.41. The first-order valence-electron chi connectivity index (χ1n) is 8.59. The summed E-state index contributed by atoms with van der Waals surface area (Å²) in [6.45, 7) is 3.37. The van der Waals surface area contributed by atoms with Crippen LogP contribution in [0.5, 0.6) is 5.75 Å². The molecule has 0 bridgehead atoms. The summed E-state index contributed by atoms with van der Waals surface area (Å²) in [5.41, 5.74) is 0.0604. The quantitative estimate of drug-likeness (QED) is 0.383. The third-order valence-corrected chi connectivity index (χ3v) is 3.83. The van der Waals surface area contributed by atoms with Gasteiger partial charge in [0.1, 0.15) is 12.3 Å². The second-order valence-corrected chi connectivity index (χ2v) is 5.85. The Hall–Kier alpha value is -2.68. The van der Waals surface area contributed by atoms with Crippen LogP contribution in [-0.4, -0.2) is 49.6 Å². The van der Waals surface area contributed by atoms with Crippen molar-refractivity contribution in [3.8, 4) is 5.75 Å². The summed E-state index contributed by atoms with van der Waals surface area (Å²) >= 11 is 0. The van der Waals surface area contributed by atoms with Crippen LogP contribution in [0.15, 0.2) is 18.2 Å². The number of nitro groups is 1. The van der Waals surface area contributed by atoms with Gasteiger partial charge >= 0.3 is 0 Å². The first kappa shape index (κ1) is 19.6. The lowest BCUT2D eigenvalue weighted by Gasteiger charge is -2.28. The smallest absolute Gasteiger partial charge is 0.271 e. The van der Waals surface area contributed by atoms with Gasteiger partial charge in [-0.3, -0.25) is 24.6 Å². The number of ether oxygens (including phenoxy) is 2. The number of hydrogen-bond donors (Lipinski definition) is 1. The molecule has 1 heterocycles. The molecule has 142 valence electrons. The van der Waals surface area contributed by atoms with Crippen LogP contribution in [-0.2, 0) is 14.3 Å². The maximum absolute atomic E-state index is 12.1. The van der Waals surface area contributed by atoms with E-state index in [2.05, 4.69) is 12.2 Å². The predicted octanol–water partition coefficient (Wildman–Crippen LogP) is 1.64. The molecular weight excluding hydrogens is 342 g/mol. The van der Waals surface area contributed by atoms with Gasteiger partial charge in [-0.15, -0.1) is 0 Å². The molecule has 0 saturated heterocycles. The minimum atomic E-state index is -0.559. The van der Waals surface area contributed by atoms with E-state index in [1.54, 1.807) is 0 Å². The molecule has 1 aliphatic heterocycles. The summed E-state index contributed by atoms with van der Waals surface area (Å²) < 4.78 is 10.7. The topological polar surface area (TPSA) is 111 Å². The standard InChI is InChI=1S/C17H23N3O6/c1-2-3-8-25-9-4-7-18-16(21)11-19-14-10-13(20(23)24)5-6-15(14)26-12-17(19)22/h5-6,10H,2-4,7-9,11-12H2,1H3,(H,18,21). The van der Waals surface area contributed by atoms with Crippen LogP contribution in [0.4, 0.5) is 11.4 Å². The maximum atomic E-state index is 12.1. The van der Waals surface area contributed by atoms with Crippen molar-refractivity contribution in [2.45, 2.75) is 26.2 Å². The fourth-order valence-electron chi connectivity index (χ4n) is 2.43. The van der Waals surface area contributed by atoms with Gasteiger partial charge in [0.2, 0.25) is 5.91 Å². The number of unbranched alkanes of at least 4 members (excludes halogenated alkanes) is 1. The fraction of sp³-hybridized carbons (Fsp3) is 0.529. The van der Waals surface area contributed by atoms with Gasteiger partial charge < -0.3 is 14.8 Å². The molecule has 0 fully saturated rings. The summed E-state index contributed by atoms with van der Waals surface area (Å²) in [5.74, 6) is -0.422. The van der Waals surface area contributed by atoms with Crippen molar-refractivity contribution in [1.29, 1.82) is 0 Å². The molecule has 1 aliphatic rings. The van der Waals surface area contributed by atoms with Gasteiger partial charge in [0.25, 0.3) is 11.6 Å². The molecule has 1 N–H and O–H groups in total. The van der Waals surface area contributed by atoms with E-state index in [1.807, 2.05) is 0 Å². The lowest BCUT2D eigenvalue weighted by Crippen LogP contribution is -2.45. The highest BCUT2D eigenvalue weighted by Gasteiger charge is 2.29. The Balaban J connectivity index is 1.88. The number of nitrogens with one attached hydrogen (secondary N) is 1. The van der Waals surface area contributed by atoms with Crippen LogP contribution in [0.2, 0.25) is 0 Å². The van der Waals surface area contributed by atoms with E-state index in [-0.39, 0.29) is 30.4 Å². The third-order valence-electron chi connectivity index (χ3n) is 3.83. The fourth-order valence-corrected chi connectivity index (χ4v) is 2.43. The van der Waals surface area contributed by atoms with Gasteiger partial charge in [0, 0.05) is 31.9 Å². The summed E-state index contributed by atoms with van der Waals surface area (Å²) in [6.07, 6.45) is 2.76. The second-order valence-electron chi connectivity index (χ2n) is 5.85. The van der Waals surface area contributed by atoms with Gasteiger partial charge in [-0.1, -0.05) is 13.3 Å². The Bertz CT molecular complexity index is 664. The van der Waals surface area contributed by atoms with Crippen molar-refractivity contribution in [3.05, 3.63) is 28.3 Å². The number of benzene rings is 1. The lowest BCUT2D eigenvalue weighted by atomic mass is 10.2. The molecule has 2 amide bonds. The maximum Gasteiger partial charge on any atom is 0.271 e. The minimum Gasteiger partial charge on any atom is -0.482 e. The van der Waals surface area contributed by atoms with E-state index in [0.29, 0.717) is 31.9 Å². The number of anilines is 1. The molecular formula is C17H23N3O6. The molecule has 0 radical (unpaired) electrons. The van der Waals surface area contributed by atoms with Crippen LogP contribution in [0.25, 0.3) is 0 Å². The SMILES string of the molecule is CCCCOCCCNC(=O)CN1C(=O)COc2ccc([N+](=O)[O-])cc21. The number of hydrogen-bond acceptors (Lipinski definition) is 6. The van der Waals surface area contributed by atoms with E-state index < -0.39 is 10.8 Å². The summed E-state index contributed by atoms with van der Waals surface area (Å²) in [6, 6.07) is 3.96. The van der Waals surface area contributed by atoms with Gasteiger partial charge in [-0.2, -0.15) is 0 Å². The summed E-state index contributed by atoms with van der Waals surface area (Å²) in [5, 5.41) is 13.7. The normalized spacial score (nSPS) is 13.1. The molecule has 9 heteroatoms. The van der Waals surface area contributed by atoms with Gasteiger partial charge in [0.05, 0.1) is 10.6 Å². The highest BCUT2D eigenvalue weighted by atomic mass is 16.6. The molecule has 0 atom stereocenters. The number of carbonyl (C=O) groups excluding carboxylic acids is 2. The zero-order chi connectivity index (χ0) is 18.9. The van der Waals surface area contributed by atoms with E-state index in [0.717, 1.165) is 12.8 Å². The Morgan fingerprint density at radius 1 is 1.38 bits per heavy atom. The first-order valence-corrected chi connectivity index (χ1v) is 8.59. The number of fused-ring (bicyclic) bond motifs is 1. The molecule has 1 aromatic carbocycles. The molecule has 0 aromatic heterocycles.